The fraction of sp³-hybridized carbons (Fsp3) is 0.417. The Morgan fingerprint density at radius 1 is 1.38 bits per heavy atom. The average molecular weight is 223 g/mol. The molecule has 0 aliphatic heterocycles. The summed E-state index contributed by atoms with van der Waals surface area (Å²) >= 11 is 0. The van der Waals surface area contributed by atoms with E-state index in [4.69, 9.17) is 10.2 Å². The molecule has 0 radical (unpaired) electrons. The number of aliphatic hydroxyl groups is 1. The van der Waals surface area contributed by atoms with Gasteiger partial charge in [0.05, 0.1) is 19.1 Å². The predicted molar refractivity (Wildman–Crippen MR) is 61.1 cm³/mol. The first-order chi connectivity index (χ1) is 7.65. The van der Waals surface area contributed by atoms with E-state index in [-0.39, 0.29) is 30.7 Å². The minimum atomic E-state index is -0.176. The molecule has 0 bridgehead atoms. The van der Waals surface area contributed by atoms with Gasteiger partial charge in [-0.1, -0.05) is 19.1 Å². The Hall–Kier alpha value is -1.55. The molecule has 1 aromatic carbocycles. The number of phenols is 1. The lowest BCUT2D eigenvalue weighted by Gasteiger charge is -2.13. The second kappa shape index (κ2) is 6.12. The number of phenolic OH excluding ortho intramolecular Hbond substituents is 1. The van der Waals surface area contributed by atoms with E-state index in [0.717, 1.165) is 5.56 Å². The van der Waals surface area contributed by atoms with E-state index in [1.54, 1.807) is 24.3 Å². The summed E-state index contributed by atoms with van der Waals surface area (Å²) in [6.07, 6.45) is 0.967. The van der Waals surface area contributed by atoms with Crippen LogP contribution in [0.15, 0.2) is 24.3 Å². The van der Waals surface area contributed by atoms with Crippen molar-refractivity contribution < 1.29 is 15.0 Å². The number of carbonyl (C=O) groups excluding carboxylic acids is 1. The van der Waals surface area contributed by atoms with Gasteiger partial charge in [0.25, 0.3) is 0 Å². The van der Waals surface area contributed by atoms with Crippen molar-refractivity contribution in [2.75, 3.05) is 6.61 Å². The van der Waals surface area contributed by atoms with Crippen LogP contribution in [0.3, 0.4) is 0 Å². The Balaban J connectivity index is 2.48. The standard InChI is InChI=1S/C12H17NO3/c1-2-10(8-14)13-12(16)7-9-3-5-11(15)6-4-9/h3-6,10,14-15H,2,7-8H2,1H3,(H,13,16). The van der Waals surface area contributed by atoms with Crippen LogP contribution in [0.5, 0.6) is 5.75 Å². The highest BCUT2D eigenvalue weighted by Gasteiger charge is 2.09. The number of carbonyl (C=O) groups is 1. The van der Waals surface area contributed by atoms with Crippen LogP contribution < -0.4 is 5.32 Å². The summed E-state index contributed by atoms with van der Waals surface area (Å²) in [4.78, 5) is 11.5. The maximum Gasteiger partial charge on any atom is 0.224 e. The van der Waals surface area contributed by atoms with Gasteiger partial charge in [-0.15, -0.1) is 0 Å². The van der Waals surface area contributed by atoms with E-state index in [1.165, 1.54) is 0 Å². The predicted octanol–water partition coefficient (Wildman–Crippen LogP) is 0.822. The van der Waals surface area contributed by atoms with Crippen LogP contribution >= 0.6 is 0 Å². The van der Waals surface area contributed by atoms with Crippen molar-refractivity contribution in [1.82, 2.24) is 5.32 Å². The van der Waals surface area contributed by atoms with Crippen LogP contribution in [0.1, 0.15) is 18.9 Å². The maximum atomic E-state index is 11.5. The monoisotopic (exact) mass is 223 g/mol. The summed E-state index contributed by atoms with van der Waals surface area (Å²) in [5.41, 5.74) is 0.836. The second-order valence-electron chi connectivity index (χ2n) is 3.70. The molecule has 16 heavy (non-hydrogen) atoms. The lowest BCUT2D eigenvalue weighted by Crippen LogP contribution is -2.37. The molecule has 3 N–H and O–H groups in total. The van der Waals surface area contributed by atoms with Gasteiger partial charge < -0.3 is 15.5 Å². The van der Waals surface area contributed by atoms with E-state index in [9.17, 15) is 4.79 Å². The van der Waals surface area contributed by atoms with Gasteiger partial charge in [0.1, 0.15) is 5.75 Å². The van der Waals surface area contributed by atoms with Crippen LogP contribution in [-0.4, -0.2) is 28.8 Å². The fourth-order valence-electron chi connectivity index (χ4n) is 1.35. The molecule has 1 aromatic rings. The largest absolute Gasteiger partial charge is 0.508 e. The molecular weight excluding hydrogens is 206 g/mol. The lowest BCUT2D eigenvalue weighted by molar-refractivity contribution is -0.121. The van der Waals surface area contributed by atoms with E-state index < -0.39 is 0 Å². The van der Waals surface area contributed by atoms with Crippen LogP contribution in [-0.2, 0) is 11.2 Å². The highest BCUT2D eigenvalue weighted by Crippen LogP contribution is 2.10. The number of hydrogen-bond acceptors (Lipinski definition) is 3. The van der Waals surface area contributed by atoms with E-state index in [2.05, 4.69) is 5.32 Å². The highest BCUT2D eigenvalue weighted by atomic mass is 16.3. The Bertz CT molecular complexity index is 331. The van der Waals surface area contributed by atoms with Gasteiger partial charge in [0.15, 0.2) is 0 Å². The van der Waals surface area contributed by atoms with Crippen LogP contribution in [0, 0.1) is 0 Å². The first-order valence-corrected chi connectivity index (χ1v) is 5.33. The van der Waals surface area contributed by atoms with Crippen LogP contribution in [0.2, 0.25) is 0 Å². The zero-order valence-electron chi connectivity index (χ0n) is 9.31. The summed E-state index contributed by atoms with van der Waals surface area (Å²) < 4.78 is 0. The SMILES string of the molecule is CCC(CO)NC(=O)Cc1ccc(O)cc1. The summed E-state index contributed by atoms with van der Waals surface area (Å²) in [7, 11) is 0. The van der Waals surface area contributed by atoms with Gasteiger partial charge in [-0.2, -0.15) is 0 Å². The maximum absolute atomic E-state index is 11.5. The van der Waals surface area contributed by atoms with Crippen molar-refractivity contribution in [1.29, 1.82) is 0 Å². The molecule has 1 amide bonds. The molecule has 1 rings (SSSR count). The topological polar surface area (TPSA) is 69.6 Å². The van der Waals surface area contributed by atoms with Crippen molar-refractivity contribution in [2.45, 2.75) is 25.8 Å². The Kier molecular flexibility index (Phi) is 4.79. The molecule has 0 saturated carbocycles. The lowest BCUT2D eigenvalue weighted by atomic mass is 10.1. The molecule has 1 atom stereocenters. The molecule has 0 saturated heterocycles. The summed E-state index contributed by atoms with van der Waals surface area (Å²) in [5.74, 6) is 0.0672. The van der Waals surface area contributed by atoms with Gasteiger partial charge in [0.2, 0.25) is 5.91 Å². The molecule has 0 aliphatic carbocycles. The molecule has 0 heterocycles. The number of nitrogens with one attached hydrogen (secondary N) is 1. The zero-order chi connectivity index (χ0) is 12.0. The zero-order valence-corrected chi connectivity index (χ0v) is 9.31. The molecule has 0 fully saturated rings. The minimum absolute atomic E-state index is 0.0438. The Morgan fingerprint density at radius 3 is 2.50 bits per heavy atom. The van der Waals surface area contributed by atoms with Crippen molar-refractivity contribution >= 4 is 5.91 Å². The quantitative estimate of drug-likeness (QED) is 0.692. The average Bonchev–Trinajstić information content (AvgIpc) is 2.29. The highest BCUT2D eigenvalue weighted by molar-refractivity contribution is 5.78. The summed E-state index contributed by atoms with van der Waals surface area (Å²) in [6, 6.07) is 6.33. The van der Waals surface area contributed by atoms with Gasteiger partial charge in [-0.05, 0) is 24.1 Å². The summed E-state index contributed by atoms with van der Waals surface area (Å²) in [6.45, 7) is 1.86. The number of aromatic hydroxyl groups is 1. The molecular formula is C12H17NO3. The number of rotatable bonds is 5. The first kappa shape index (κ1) is 12.5. The third kappa shape index (κ3) is 3.90. The Labute approximate surface area is 94.9 Å². The third-order valence-corrected chi connectivity index (χ3v) is 2.38. The Morgan fingerprint density at radius 2 is 2.00 bits per heavy atom. The van der Waals surface area contributed by atoms with Crippen LogP contribution in [0.4, 0.5) is 0 Å². The summed E-state index contributed by atoms with van der Waals surface area (Å²) in [5, 5.41) is 20.7. The van der Waals surface area contributed by atoms with Gasteiger partial charge >= 0.3 is 0 Å². The molecule has 88 valence electrons. The smallest absolute Gasteiger partial charge is 0.224 e. The molecule has 0 aliphatic rings. The van der Waals surface area contributed by atoms with E-state index >= 15 is 0 Å². The number of aliphatic hydroxyl groups excluding tert-OH is 1. The normalized spacial score (nSPS) is 12.1. The van der Waals surface area contributed by atoms with Crippen molar-refractivity contribution in [3.8, 4) is 5.75 Å². The molecule has 0 spiro atoms. The van der Waals surface area contributed by atoms with Crippen molar-refractivity contribution in [2.24, 2.45) is 0 Å². The molecule has 1 unspecified atom stereocenters. The molecule has 4 nitrogen and oxygen atoms in total. The number of amides is 1. The van der Waals surface area contributed by atoms with Crippen molar-refractivity contribution in [3.05, 3.63) is 29.8 Å². The second-order valence-corrected chi connectivity index (χ2v) is 3.70. The van der Waals surface area contributed by atoms with E-state index in [1.807, 2.05) is 6.92 Å². The molecule has 0 aromatic heterocycles. The number of benzene rings is 1. The van der Waals surface area contributed by atoms with Crippen molar-refractivity contribution in [3.63, 3.8) is 0 Å². The molecule has 4 heteroatoms. The van der Waals surface area contributed by atoms with E-state index in [0.29, 0.717) is 6.42 Å². The van der Waals surface area contributed by atoms with Gasteiger partial charge in [-0.3, -0.25) is 4.79 Å². The fourth-order valence-corrected chi connectivity index (χ4v) is 1.35. The third-order valence-electron chi connectivity index (χ3n) is 2.38. The van der Waals surface area contributed by atoms with Gasteiger partial charge in [0, 0.05) is 0 Å². The minimum Gasteiger partial charge on any atom is -0.508 e. The van der Waals surface area contributed by atoms with Crippen LogP contribution in [0.25, 0.3) is 0 Å². The van der Waals surface area contributed by atoms with Gasteiger partial charge in [-0.25, -0.2) is 0 Å². The first-order valence-electron chi connectivity index (χ1n) is 5.33. The number of hydrogen-bond donors (Lipinski definition) is 3.